The predicted molar refractivity (Wildman–Crippen MR) is 45.7 cm³/mol. The summed E-state index contributed by atoms with van der Waals surface area (Å²) in [4.78, 5) is 0. The Bertz CT molecular complexity index is 290. The van der Waals surface area contributed by atoms with Gasteiger partial charge < -0.3 is 10.2 Å². The van der Waals surface area contributed by atoms with Crippen molar-refractivity contribution in [3.05, 3.63) is 23.7 Å². The lowest BCUT2D eigenvalue weighted by Gasteiger charge is -2.03. The van der Waals surface area contributed by atoms with Crippen molar-refractivity contribution >= 4 is 0 Å². The molecule has 0 spiro atoms. The van der Waals surface area contributed by atoms with Crippen LogP contribution >= 0.6 is 0 Å². The van der Waals surface area contributed by atoms with Gasteiger partial charge in [-0.05, 0) is 25.5 Å². The molecule has 2 N–H and O–H groups in total. The Hall–Kier alpha value is -0.970. The monoisotopic (exact) mass is 207 g/mol. The zero-order valence-electron chi connectivity index (χ0n) is 7.77. The van der Waals surface area contributed by atoms with Crippen molar-refractivity contribution in [3.8, 4) is 0 Å². The lowest BCUT2D eigenvalue weighted by molar-refractivity contribution is -0.153. The third-order valence-corrected chi connectivity index (χ3v) is 1.79. The second kappa shape index (κ2) is 4.04. The molecule has 1 atom stereocenters. The Morgan fingerprint density at radius 2 is 2.07 bits per heavy atom. The highest BCUT2D eigenvalue weighted by Gasteiger charge is 2.34. The Morgan fingerprint density at radius 1 is 1.43 bits per heavy atom. The predicted octanol–water partition coefficient (Wildman–Crippen LogP) is 2.58. The quantitative estimate of drug-likeness (QED) is 0.827. The molecule has 1 aromatic rings. The lowest BCUT2D eigenvalue weighted by atomic mass is 10.2. The molecule has 0 fully saturated rings. The van der Waals surface area contributed by atoms with Gasteiger partial charge >= 0.3 is 6.18 Å². The van der Waals surface area contributed by atoms with Gasteiger partial charge in [-0.15, -0.1) is 0 Å². The number of aryl methyl sites for hydroxylation is 1. The fourth-order valence-electron chi connectivity index (χ4n) is 1.03. The highest BCUT2D eigenvalue weighted by atomic mass is 19.4. The van der Waals surface area contributed by atoms with Gasteiger partial charge in [0.25, 0.3) is 0 Å². The molecular formula is C9H12F3NO. The standard InChI is InChI=1S/C9H12F3NO/c1-6(13)2-3-7-4-5-8(14-7)9(10,11)12/h4-6H,2-3,13H2,1H3/t6-/m0/s1. The zero-order chi connectivity index (χ0) is 10.8. The molecule has 0 unspecified atom stereocenters. The Kier molecular flexibility index (Phi) is 3.21. The molecule has 0 aliphatic rings. The first-order valence-electron chi connectivity index (χ1n) is 4.31. The smallest absolute Gasteiger partial charge is 0.449 e. The Balaban J connectivity index is 2.60. The highest BCUT2D eigenvalue weighted by molar-refractivity contribution is 5.09. The number of hydrogen-bond acceptors (Lipinski definition) is 2. The molecular weight excluding hydrogens is 195 g/mol. The van der Waals surface area contributed by atoms with Crippen LogP contribution in [0.4, 0.5) is 13.2 Å². The van der Waals surface area contributed by atoms with Crippen molar-refractivity contribution in [2.24, 2.45) is 5.73 Å². The van der Waals surface area contributed by atoms with Crippen LogP contribution in [0, 0.1) is 0 Å². The van der Waals surface area contributed by atoms with Gasteiger partial charge in [0.2, 0.25) is 5.76 Å². The fourth-order valence-corrected chi connectivity index (χ4v) is 1.03. The van der Waals surface area contributed by atoms with Crippen LogP contribution in [0.5, 0.6) is 0 Å². The second-order valence-corrected chi connectivity index (χ2v) is 3.28. The average Bonchev–Trinajstić information content (AvgIpc) is 2.47. The molecule has 80 valence electrons. The Morgan fingerprint density at radius 3 is 2.50 bits per heavy atom. The number of halogens is 3. The average molecular weight is 207 g/mol. The van der Waals surface area contributed by atoms with E-state index in [4.69, 9.17) is 5.73 Å². The van der Waals surface area contributed by atoms with E-state index in [9.17, 15) is 13.2 Å². The summed E-state index contributed by atoms with van der Waals surface area (Å²) in [7, 11) is 0. The van der Waals surface area contributed by atoms with E-state index in [1.54, 1.807) is 6.92 Å². The largest absolute Gasteiger partial charge is 0.457 e. The first kappa shape index (κ1) is 11.1. The maximum atomic E-state index is 12.1. The van der Waals surface area contributed by atoms with E-state index in [-0.39, 0.29) is 6.04 Å². The van der Waals surface area contributed by atoms with E-state index in [1.807, 2.05) is 0 Å². The van der Waals surface area contributed by atoms with Crippen LogP contribution in [-0.4, -0.2) is 6.04 Å². The minimum atomic E-state index is -4.40. The molecule has 0 aromatic carbocycles. The molecule has 0 bridgehead atoms. The molecule has 5 heteroatoms. The van der Waals surface area contributed by atoms with E-state index in [0.29, 0.717) is 18.6 Å². The summed E-state index contributed by atoms with van der Waals surface area (Å²) in [5.74, 6) is -0.619. The highest BCUT2D eigenvalue weighted by Crippen LogP contribution is 2.30. The topological polar surface area (TPSA) is 39.2 Å². The molecule has 1 heterocycles. The van der Waals surface area contributed by atoms with Crippen LogP contribution in [0.1, 0.15) is 24.9 Å². The first-order valence-corrected chi connectivity index (χ1v) is 4.31. The summed E-state index contributed by atoms with van der Waals surface area (Å²) in [6.45, 7) is 1.80. The second-order valence-electron chi connectivity index (χ2n) is 3.28. The maximum absolute atomic E-state index is 12.1. The molecule has 0 aliphatic carbocycles. The van der Waals surface area contributed by atoms with Gasteiger partial charge in [0.15, 0.2) is 0 Å². The van der Waals surface area contributed by atoms with E-state index in [0.717, 1.165) is 6.07 Å². The van der Waals surface area contributed by atoms with Gasteiger partial charge in [0.1, 0.15) is 5.76 Å². The summed E-state index contributed by atoms with van der Waals surface area (Å²) >= 11 is 0. The Labute approximate surface area is 79.9 Å². The van der Waals surface area contributed by atoms with Crippen molar-refractivity contribution in [1.29, 1.82) is 0 Å². The normalized spacial score (nSPS) is 14.4. The van der Waals surface area contributed by atoms with Crippen LogP contribution in [-0.2, 0) is 12.6 Å². The lowest BCUT2D eigenvalue weighted by Crippen LogP contribution is -2.15. The molecule has 0 amide bonds. The van der Waals surface area contributed by atoms with E-state index in [1.165, 1.54) is 6.07 Å². The molecule has 0 radical (unpaired) electrons. The van der Waals surface area contributed by atoms with Gasteiger partial charge in [0, 0.05) is 12.5 Å². The summed E-state index contributed by atoms with van der Waals surface area (Å²) in [6, 6.07) is 2.25. The summed E-state index contributed by atoms with van der Waals surface area (Å²) in [6.07, 6.45) is -3.34. The third kappa shape index (κ3) is 3.06. The molecule has 14 heavy (non-hydrogen) atoms. The van der Waals surface area contributed by atoms with E-state index < -0.39 is 11.9 Å². The molecule has 2 nitrogen and oxygen atoms in total. The maximum Gasteiger partial charge on any atom is 0.449 e. The first-order chi connectivity index (χ1) is 6.39. The van der Waals surface area contributed by atoms with Crippen LogP contribution < -0.4 is 5.73 Å². The van der Waals surface area contributed by atoms with Gasteiger partial charge in [-0.25, -0.2) is 0 Å². The minimum absolute atomic E-state index is 0.0329. The van der Waals surface area contributed by atoms with Crippen molar-refractivity contribution in [2.75, 3.05) is 0 Å². The van der Waals surface area contributed by atoms with Crippen molar-refractivity contribution < 1.29 is 17.6 Å². The summed E-state index contributed by atoms with van der Waals surface area (Å²) in [5, 5.41) is 0. The van der Waals surface area contributed by atoms with E-state index in [2.05, 4.69) is 4.42 Å². The summed E-state index contributed by atoms with van der Waals surface area (Å²) in [5.41, 5.74) is 5.47. The molecule has 0 saturated heterocycles. The van der Waals surface area contributed by atoms with Crippen LogP contribution in [0.15, 0.2) is 16.5 Å². The van der Waals surface area contributed by atoms with Gasteiger partial charge in [0.05, 0.1) is 0 Å². The van der Waals surface area contributed by atoms with Crippen molar-refractivity contribution in [1.82, 2.24) is 0 Å². The van der Waals surface area contributed by atoms with Crippen LogP contribution in [0.2, 0.25) is 0 Å². The van der Waals surface area contributed by atoms with Crippen molar-refractivity contribution in [2.45, 2.75) is 32.0 Å². The number of hydrogen-bond donors (Lipinski definition) is 1. The zero-order valence-corrected chi connectivity index (χ0v) is 7.77. The molecule has 1 aromatic heterocycles. The summed E-state index contributed by atoms with van der Waals surface area (Å²) < 4.78 is 40.9. The number of nitrogens with two attached hydrogens (primary N) is 1. The molecule has 0 aliphatic heterocycles. The van der Waals surface area contributed by atoms with Crippen molar-refractivity contribution in [3.63, 3.8) is 0 Å². The fraction of sp³-hybridized carbons (Fsp3) is 0.556. The minimum Gasteiger partial charge on any atom is -0.457 e. The SMILES string of the molecule is C[C@H](N)CCc1ccc(C(F)(F)F)o1. The number of rotatable bonds is 3. The number of alkyl halides is 3. The van der Waals surface area contributed by atoms with Gasteiger partial charge in [-0.2, -0.15) is 13.2 Å². The van der Waals surface area contributed by atoms with Crippen LogP contribution in [0.25, 0.3) is 0 Å². The molecule has 0 saturated carbocycles. The van der Waals surface area contributed by atoms with Gasteiger partial charge in [-0.3, -0.25) is 0 Å². The van der Waals surface area contributed by atoms with Crippen LogP contribution in [0.3, 0.4) is 0 Å². The molecule has 1 rings (SSSR count). The van der Waals surface area contributed by atoms with Gasteiger partial charge in [-0.1, -0.05) is 0 Å². The number of furan rings is 1. The third-order valence-electron chi connectivity index (χ3n) is 1.79. The van der Waals surface area contributed by atoms with E-state index >= 15 is 0 Å².